The van der Waals surface area contributed by atoms with Crippen LogP contribution in [0.15, 0.2) is 78.9 Å². The second-order valence-electron chi connectivity index (χ2n) is 8.98. The molecule has 1 fully saturated rings. The van der Waals surface area contributed by atoms with Gasteiger partial charge >= 0.3 is 0 Å². The van der Waals surface area contributed by atoms with Crippen molar-refractivity contribution in [2.45, 2.75) is 38.5 Å². The van der Waals surface area contributed by atoms with E-state index in [4.69, 9.17) is 10.5 Å². The van der Waals surface area contributed by atoms with E-state index in [2.05, 4.69) is 35.9 Å². The molecule has 0 radical (unpaired) electrons. The van der Waals surface area contributed by atoms with E-state index in [-0.39, 0.29) is 11.8 Å². The summed E-state index contributed by atoms with van der Waals surface area (Å²) in [4.78, 5) is 15.7. The molecule has 0 unspecified atom stereocenters. The van der Waals surface area contributed by atoms with Crippen molar-refractivity contribution < 1.29 is 9.53 Å². The van der Waals surface area contributed by atoms with E-state index in [1.807, 2.05) is 74.5 Å². The number of nitrogens with zero attached hydrogens (tertiary/aromatic N) is 1. The van der Waals surface area contributed by atoms with Crippen LogP contribution in [0, 0.1) is 18.8 Å². The van der Waals surface area contributed by atoms with Gasteiger partial charge in [-0.3, -0.25) is 4.79 Å². The lowest BCUT2D eigenvalue weighted by atomic mass is 9.64. The molecule has 0 spiro atoms. The highest BCUT2D eigenvalue weighted by atomic mass is 16.5. The fourth-order valence-corrected chi connectivity index (χ4v) is 5.60. The Morgan fingerprint density at radius 2 is 1.61 bits per heavy atom. The van der Waals surface area contributed by atoms with Gasteiger partial charge in [-0.2, -0.15) is 0 Å². The largest absolute Gasteiger partial charge is 0.493 e. The molecule has 0 saturated carbocycles. The predicted molar refractivity (Wildman–Crippen MR) is 148 cm³/mol. The van der Waals surface area contributed by atoms with Gasteiger partial charge in [0.25, 0.3) is 0 Å². The first-order valence-electron chi connectivity index (χ1n) is 12.9. The molecular formula is C32H38N2O2. The maximum absolute atomic E-state index is 13.2. The zero-order chi connectivity index (χ0) is 26.0. The number of amides is 1. The second-order valence-corrected chi connectivity index (χ2v) is 8.98. The zero-order valence-corrected chi connectivity index (χ0v) is 21.5. The van der Waals surface area contributed by atoms with Crippen LogP contribution in [0.4, 0.5) is 0 Å². The van der Waals surface area contributed by atoms with Crippen LogP contribution in [0.5, 0.6) is 5.75 Å². The molecule has 2 N–H and O–H groups in total. The van der Waals surface area contributed by atoms with E-state index in [0.717, 1.165) is 62.4 Å². The van der Waals surface area contributed by atoms with E-state index >= 15 is 0 Å². The van der Waals surface area contributed by atoms with Crippen LogP contribution >= 0.6 is 0 Å². The van der Waals surface area contributed by atoms with Crippen LogP contribution in [-0.2, 0) is 23.1 Å². The Bertz CT molecular complexity index is 1090. The number of terminal acetylenes is 1. The number of hydrogen-bond acceptors (Lipinski definition) is 3. The van der Waals surface area contributed by atoms with Crippen molar-refractivity contribution >= 4 is 5.91 Å². The average molecular weight is 483 g/mol. The molecule has 4 heteroatoms. The molecule has 3 aromatic rings. The maximum atomic E-state index is 13.2. The van der Waals surface area contributed by atoms with Crippen LogP contribution in [0.1, 0.15) is 42.5 Å². The van der Waals surface area contributed by atoms with Gasteiger partial charge in [0.15, 0.2) is 0 Å². The standard InChI is InChI=1S/C28H30N2O2.C2H6.C2H2/c29-27(31)28(23-7-3-1-4-8-23,24-9-5-2-6-10-24)25-14-17-30(20-25)16-13-21-11-12-26-22(19-21)15-18-32-26;2*1-2/h1-12,19,25H,13-18,20H2,(H2,29,31);1-2H3;1-2H/t25-;;/m1../s1. The van der Waals surface area contributed by atoms with Crippen LogP contribution in [0.25, 0.3) is 0 Å². The summed E-state index contributed by atoms with van der Waals surface area (Å²) in [5, 5.41) is 0. The minimum Gasteiger partial charge on any atom is -0.493 e. The van der Waals surface area contributed by atoms with Gasteiger partial charge in [-0.05, 0) is 53.6 Å². The summed E-state index contributed by atoms with van der Waals surface area (Å²) in [6, 6.07) is 26.7. The minimum absolute atomic E-state index is 0.137. The zero-order valence-electron chi connectivity index (χ0n) is 21.5. The first-order chi connectivity index (χ1) is 17.7. The lowest BCUT2D eigenvalue weighted by molar-refractivity contribution is -0.123. The Kier molecular flexibility index (Phi) is 9.73. The molecule has 1 saturated heterocycles. The summed E-state index contributed by atoms with van der Waals surface area (Å²) in [6.07, 6.45) is 11.0. The minimum atomic E-state index is -0.817. The molecule has 2 aliphatic rings. The molecule has 1 atom stereocenters. The number of likely N-dealkylation sites (tertiary alicyclic amines) is 1. The van der Waals surface area contributed by atoms with Crippen molar-refractivity contribution in [1.82, 2.24) is 4.90 Å². The molecule has 188 valence electrons. The van der Waals surface area contributed by atoms with E-state index < -0.39 is 5.41 Å². The molecule has 0 aliphatic carbocycles. The smallest absolute Gasteiger partial charge is 0.232 e. The Hall–Kier alpha value is -3.55. The van der Waals surface area contributed by atoms with E-state index in [1.54, 1.807) is 0 Å². The van der Waals surface area contributed by atoms with Crippen molar-refractivity contribution in [2.24, 2.45) is 11.7 Å². The van der Waals surface area contributed by atoms with Gasteiger partial charge < -0.3 is 15.4 Å². The van der Waals surface area contributed by atoms with E-state index in [1.165, 1.54) is 11.1 Å². The number of carbonyl (C=O) groups is 1. The van der Waals surface area contributed by atoms with Crippen molar-refractivity contribution in [3.63, 3.8) is 0 Å². The highest BCUT2D eigenvalue weighted by Crippen LogP contribution is 2.43. The molecule has 0 aromatic heterocycles. The van der Waals surface area contributed by atoms with Crippen molar-refractivity contribution in [3.8, 4) is 18.6 Å². The Labute approximate surface area is 216 Å². The van der Waals surface area contributed by atoms with Gasteiger partial charge in [-0.1, -0.05) is 86.6 Å². The summed E-state index contributed by atoms with van der Waals surface area (Å²) < 4.78 is 5.64. The Morgan fingerprint density at radius 1 is 1.00 bits per heavy atom. The number of fused-ring (bicyclic) bond motifs is 1. The van der Waals surface area contributed by atoms with Gasteiger partial charge in [-0.15, -0.1) is 12.8 Å². The molecule has 2 heterocycles. The number of carbonyl (C=O) groups excluding carboxylic acids is 1. The predicted octanol–water partition coefficient (Wildman–Crippen LogP) is 5.23. The van der Waals surface area contributed by atoms with Crippen molar-refractivity contribution in [1.29, 1.82) is 0 Å². The number of benzene rings is 3. The fraction of sp³-hybridized carbons (Fsp3) is 0.344. The molecule has 36 heavy (non-hydrogen) atoms. The third-order valence-corrected chi connectivity index (χ3v) is 7.20. The number of primary amides is 1. The highest BCUT2D eigenvalue weighted by Gasteiger charge is 2.49. The molecule has 4 nitrogen and oxygen atoms in total. The summed E-state index contributed by atoms with van der Waals surface area (Å²) in [7, 11) is 0. The third-order valence-electron chi connectivity index (χ3n) is 7.20. The monoisotopic (exact) mass is 482 g/mol. The number of nitrogens with two attached hydrogens (primary N) is 1. The van der Waals surface area contributed by atoms with Crippen molar-refractivity contribution in [2.75, 3.05) is 26.2 Å². The molecule has 2 aliphatic heterocycles. The Balaban J connectivity index is 0.000000861. The van der Waals surface area contributed by atoms with Crippen LogP contribution < -0.4 is 10.5 Å². The highest BCUT2D eigenvalue weighted by molar-refractivity contribution is 5.91. The quantitative estimate of drug-likeness (QED) is 0.469. The first kappa shape index (κ1) is 27.0. The van der Waals surface area contributed by atoms with Gasteiger partial charge in [0.1, 0.15) is 11.2 Å². The summed E-state index contributed by atoms with van der Waals surface area (Å²) in [5.74, 6) is 0.908. The fourth-order valence-electron chi connectivity index (χ4n) is 5.60. The molecule has 1 amide bonds. The first-order valence-corrected chi connectivity index (χ1v) is 12.9. The lowest BCUT2D eigenvalue weighted by Gasteiger charge is -2.37. The van der Waals surface area contributed by atoms with E-state index in [9.17, 15) is 4.79 Å². The van der Waals surface area contributed by atoms with Gasteiger partial charge in [0.2, 0.25) is 5.91 Å². The number of ether oxygens (including phenoxy) is 1. The molecule has 5 rings (SSSR count). The normalized spacial score (nSPS) is 16.5. The van der Waals surface area contributed by atoms with Gasteiger partial charge in [0.05, 0.1) is 6.61 Å². The molecule has 3 aromatic carbocycles. The Morgan fingerprint density at radius 3 is 2.19 bits per heavy atom. The number of rotatable bonds is 7. The summed E-state index contributed by atoms with van der Waals surface area (Å²) in [6.45, 7) is 7.61. The molecule has 0 bridgehead atoms. The van der Waals surface area contributed by atoms with E-state index in [0.29, 0.717) is 0 Å². The third kappa shape index (κ3) is 5.48. The summed E-state index contributed by atoms with van der Waals surface area (Å²) in [5.41, 5.74) is 10.0. The van der Waals surface area contributed by atoms with Gasteiger partial charge in [-0.25, -0.2) is 0 Å². The van der Waals surface area contributed by atoms with Crippen LogP contribution in [0.3, 0.4) is 0 Å². The summed E-state index contributed by atoms with van der Waals surface area (Å²) >= 11 is 0. The van der Waals surface area contributed by atoms with Gasteiger partial charge in [0, 0.05) is 19.5 Å². The SMILES string of the molecule is C#C.CC.NC(=O)C(c1ccccc1)(c1ccccc1)[C@@H]1CCN(CCc2ccc3c(c2)CCO3)C1. The van der Waals surface area contributed by atoms with Crippen LogP contribution in [0.2, 0.25) is 0 Å². The average Bonchev–Trinajstić information content (AvgIpc) is 3.61. The van der Waals surface area contributed by atoms with Crippen molar-refractivity contribution in [3.05, 3.63) is 101 Å². The van der Waals surface area contributed by atoms with Crippen LogP contribution in [-0.4, -0.2) is 37.0 Å². The lowest BCUT2D eigenvalue weighted by Crippen LogP contribution is -2.49. The topological polar surface area (TPSA) is 55.6 Å². The maximum Gasteiger partial charge on any atom is 0.232 e. The molecular weight excluding hydrogens is 444 g/mol. The number of hydrogen-bond donors (Lipinski definition) is 1. The second kappa shape index (κ2) is 13.0.